The Morgan fingerprint density at radius 2 is 2.00 bits per heavy atom. The van der Waals surface area contributed by atoms with Gasteiger partial charge in [-0.3, -0.25) is 9.69 Å². The highest BCUT2D eigenvalue weighted by Crippen LogP contribution is 2.10. The number of benzene rings is 1. The van der Waals surface area contributed by atoms with Crippen LogP contribution in [0, 0.1) is 5.82 Å². The van der Waals surface area contributed by atoms with Crippen LogP contribution < -0.4 is 0 Å². The summed E-state index contributed by atoms with van der Waals surface area (Å²) >= 11 is 0. The normalized spacial score (nSPS) is 12.7. The molecular weight excluding hydrogens is 249 g/mol. The van der Waals surface area contributed by atoms with Crippen molar-refractivity contribution in [1.82, 2.24) is 4.90 Å². The molecule has 1 N–H and O–H groups in total. The number of halogens is 1. The van der Waals surface area contributed by atoms with E-state index in [0.29, 0.717) is 25.3 Å². The highest BCUT2D eigenvalue weighted by molar-refractivity contribution is 5.99. The molecule has 4 nitrogen and oxygen atoms in total. The van der Waals surface area contributed by atoms with Crippen molar-refractivity contribution in [1.29, 1.82) is 0 Å². The first-order chi connectivity index (χ1) is 9.10. The Bertz CT molecular complexity index is 394. The van der Waals surface area contributed by atoms with Gasteiger partial charge in [-0.1, -0.05) is 0 Å². The molecule has 0 aliphatic rings. The van der Waals surface area contributed by atoms with Gasteiger partial charge in [0.05, 0.1) is 19.3 Å². The molecule has 1 aromatic rings. The first-order valence-corrected chi connectivity index (χ1v) is 6.23. The van der Waals surface area contributed by atoms with Crippen LogP contribution in [0.15, 0.2) is 24.3 Å². The van der Waals surface area contributed by atoms with Gasteiger partial charge >= 0.3 is 0 Å². The van der Waals surface area contributed by atoms with Gasteiger partial charge < -0.3 is 9.84 Å². The largest absolute Gasteiger partial charge is 0.395 e. The lowest BCUT2D eigenvalue weighted by atomic mass is 10.0. The summed E-state index contributed by atoms with van der Waals surface area (Å²) < 4.78 is 17.8. The minimum absolute atomic E-state index is 0.0231. The van der Waals surface area contributed by atoms with E-state index in [1.807, 2.05) is 4.90 Å². The van der Waals surface area contributed by atoms with Crippen molar-refractivity contribution < 1.29 is 19.0 Å². The molecule has 0 saturated carbocycles. The minimum atomic E-state index is -0.382. The van der Waals surface area contributed by atoms with Crippen LogP contribution in [0.4, 0.5) is 4.39 Å². The summed E-state index contributed by atoms with van der Waals surface area (Å²) in [6.07, 6.45) is 0. The monoisotopic (exact) mass is 269 g/mol. The lowest BCUT2D eigenvalue weighted by molar-refractivity contribution is 0.0730. The third kappa shape index (κ3) is 4.70. The molecule has 0 bridgehead atoms. The summed E-state index contributed by atoms with van der Waals surface area (Å²) in [7, 11) is 1.59. The summed E-state index contributed by atoms with van der Waals surface area (Å²) in [5.41, 5.74) is 0.467. The molecule has 106 valence electrons. The van der Waals surface area contributed by atoms with E-state index in [2.05, 4.69) is 0 Å². The van der Waals surface area contributed by atoms with E-state index in [1.165, 1.54) is 24.3 Å². The van der Waals surface area contributed by atoms with Crippen molar-refractivity contribution in [2.24, 2.45) is 0 Å². The number of ether oxygens (including phenoxy) is 1. The van der Waals surface area contributed by atoms with Crippen molar-refractivity contribution in [3.8, 4) is 0 Å². The van der Waals surface area contributed by atoms with Gasteiger partial charge in [0.15, 0.2) is 5.78 Å². The number of methoxy groups -OCH3 is 1. The standard InChI is InChI=1S/C14H20FNO3/c1-11(16(7-9-17)8-10-19-2)14(18)12-3-5-13(15)6-4-12/h3-6,11,17H,7-10H2,1-2H3. The molecule has 0 fully saturated rings. The van der Waals surface area contributed by atoms with Crippen LogP contribution in [0.3, 0.4) is 0 Å². The topological polar surface area (TPSA) is 49.8 Å². The number of hydrogen-bond donors (Lipinski definition) is 1. The molecule has 5 heteroatoms. The molecule has 1 unspecified atom stereocenters. The average Bonchev–Trinajstić information content (AvgIpc) is 2.42. The van der Waals surface area contributed by atoms with Crippen LogP contribution in [0.25, 0.3) is 0 Å². The molecule has 1 rings (SSSR count). The van der Waals surface area contributed by atoms with E-state index in [-0.39, 0.29) is 24.2 Å². The highest BCUT2D eigenvalue weighted by Gasteiger charge is 2.21. The van der Waals surface area contributed by atoms with Crippen molar-refractivity contribution >= 4 is 5.78 Å². The average molecular weight is 269 g/mol. The third-order valence-electron chi connectivity index (χ3n) is 3.03. The molecule has 0 amide bonds. The first-order valence-electron chi connectivity index (χ1n) is 6.23. The molecule has 0 aromatic heterocycles. The minimum Gasteiger partial charge on any atom is -0.395 e. The molecule has 0 spiro atoms. The Morgan fingerprint density at radius 3 is 2.53 bits per heavy atom. The summed E-state index contributed by atoms with van der Waals surface area (Å²) in [5.74, 6) is -0.458. The Labute approximate surface area is 112 Å². The zero-order valence-electron chi connectivity index (χ0n) is 11.3. The molecule has 0 aliphatic heterocycles. The van der Waals surface area contributed by atoms with Gasteiger partial charge in [-0.05, 0) is 31.2 Å². The molecule has 1 aromatic carbocycles. The summed E-state index contributed by atoms with van der Waals surface area (Å²) in [6.45, 7) is 3.20. The van der Waals surface area contributed by atoms with Gasteiger partial charge in [-0.25, -0.2) is 4.39 Å². The Morgan fingerprint density at radius 1 is 1.37 bits per heavy atom. The highest BCUT2D eigenvalue weighted by atomic mass is 19.1. The van der Waals surface area contributed by atoms with E-state index in [0.717, 1.165) is 0 Å². The van der Waals surface area contributed by atoms with Crippen LogP contribution in [0.5, 0.6) is 0 Å². The van der Waals surface area contributed by atoms with E-state index in [1.54, 1.807) is 14.0 Å². The van der Waals surface area contributed by atoms with E-state index in [4.69, 9.17) is 9.84 Å². The quantitative estimate of drug-likeness (QED) is 0.724. The van der Waals surface area contributed by atoms with Crippen LogP contribution in [-0.4, -0.2) is 55.2 Å². The van der Waals surface area contributed by atoms with Gasteiger partial charge in [-0.2, -0.15) is 0 Å². The van der Waals surface area contributed by atoms with Gasteiger partial charge in [0.25, 0.3) is 0 Å². The van der Waals surface area contributed by atoms with Crippen LogP contribution in [0.1, 0.15) is 17.3 Å². The van der Waals surface area contributed by atoms with Crippen LogP contribution in [-0.2, 0) is 4.74 Å². The fourth-order valence-electron chi connectivity index (χ4n) is 1.86. The molecule has 19 heavy (non-hydrogen) atoms. The van der Waals surface area contributed by atoms with Gasteiger partial charge in [0.2, 0.25) is 0 Å². The Kier molecular flexibility index (Phi) is 6.62. The number of aliphatic hydroxyl groups excluding tert-OH is 1. The number of Topliss-reactive ketones (excluding diaryl/α,β-unsaturated/α-hetero) is 1. The number of carbonyl (C=O) groups is 1. The second kappa shape index (κ2) is 7.99. The van der Waals surface area contributed by atoms with Gasteiger partial charge in [0, 0.05) is 25.8 Å². The second-order valence-corrected chi connectivity index (χ2v) is 4.30. The van der Waals surface area contributed by atoms with Crippen molar-refractivity contribution in [3.63, 3.8) is 0 Å². The number of ketones is 1. The smallest absolute Gasteiger partial charge is 0.179 e. The van der Waals surface area contributed by atoms with Crippen molar-refractivity contribution in [2.45, 2.75) is 13.0 Å². The molecule has 0 radical (unpaired) electrons. The number of rotatable bonds is 8. The van der Waals surface area contributed by atoms with Crippen molar-refractivity contribution in [3.05, 3.63) is 35.6 Å². The maximum absolute atomic E-state index is 12.8. The second-order valence-electron chi connectivity index (χ2n) is 4.30. The van der Waals surface area contributed by atoms with E-state index in [9.17, 15) is 9.18 Å². The SMILES string of the molecule is COCCN(CCO)C(C)C(=O)c1ccc(F)cc1. The van der Waals surface area contributed by atoms with Gasteiger partial charge in [0.1, 0.15) is 5.82 Å². The summed E-state index contributed by atoms with van der Waals surface area (Å²) in [4.78, 5) is 14.1. The van der Waals surface area contributed by atoms with Crippen LogP contribution in [0.2, 0.25) is 0 Å². The van der Waals surface area contributed by atoms with E-state index < -0.39 is 0 Å². The number of nitrogens with zero attached hydrogens (tertiary/aromatic N) is 1. The predicted molar refractivity (Wildman–Crippen MR) is 70.7 cm³/mol. The maximum atomic E-state index is 12.8. The predicted octanol–water partition coefficient (Wildman–Crippen LogP) is 1.34. The molecule has 0 saturated heterocycles. The third-order valence-corrected chi connectivity index (χ3v) is 3.03. The molecular formula is C14H20FNO3. The fourth-order valence-corrected chi connectivity index (χ4v) is 1.86. The zero-order valence-corrected chi connectivity index (χ0v) is 11.3. The number of carbonyl (C=O) groups excluding carboxylic acids is 1. The Hall–Kier alpha value is -1.30. The first kappa shape index (κ1) is 15.8. The van der Waals surface area contributed by atoms with Crippen LogP contribution >= 0.6 is 0 Å². The van der Waals surface area contributed by atoms with Crippen molar-refractivity contribution in [2.75, 3.05) is 33.4 Å². The number of hydrogen-bond acceptors (Lipinski definition) is 4. The number of aliphatic hydroxyl groups is 1. The lowest BCUT2D eigenvalue weighted by Gasteiger charge is -2.27. The Balaban J connectivity index is 2.74. The van der Waals surface area contributed by atoms with E-state index >= 15 is 0 Å². The molecule has 0 aliphatic carbocycles. The molecule has 0 heterocycles. The fraction of sp³-hybridized carbons (Fsp3) is 0.500. The van der Waals surface area contributed by atoms with Gasteiger partial charge in [-0.15, -0.1) is 0 Å². The zero-order chi connectivity index (χ0) is 14.3. The summed E-state index contributed by atoms with van der Waals surface area (Å²) in [5, 5.41) is 9.03. The molecule has 1 atom stereocenters. The summed E-state index contributed by atoms with van der Waals surface area (Å²) in [6, 6.07) is 5.10. The maximum Gasteiger partial charge on any atom is 0.179 e. The lowest BCUT2D eigenvalue weighted by Crippen LogP contribution is -2.42.